The summed E-state index contributed by atoms with van der Waals surface area (Å²) in [6, 6.07) is 2.02. The first-order chi connectivity index (χ1) is 18.4. The number of hydrogen-bond donors (Lipinski definition) is 8. The second kappa shape index (κ2) is 15.1. The van der Waals surface area contributed by atoms with Gasteiger partial charge in [-0.05, 0) is 43.4 Å². The molecule has 9 N–H and O–H groups in total. The number of carbonyl (C=O) groups is 5. The van der Waals surface area contributed by atoms with Gasteiger partial charge in [0.1, 0.15) is 18.1 Å². The van der Waals surface area contributed by atoms with E-state index in [1.54, 1.807) is 18.3 Å². The van der Waals surface area contributed by atoms with Gasteiger partial charge >= 0.3 is 11.9 Å². The Kier molecular flexibility index (Phi) is 12.2. The zero-order valence-corrected chi connectivity index (χ0v) is 22.5. The fourth-order valence-electron chi connectivity index (χ4n) is 3.83. The number of aliphatic hydroxyl groups excluding tert-OH is 1. The number of nitrogens with two attached hydrogens (primary N) is 1. The zero-order valence-electron chi connectivity index (χ0n) is 21.7. The molecule has 5 unspecified atom stereocenters. The lowest BCUT2D eigenvalue weighted by molar-refractivity contribution is -0.143. The van der Waals surface area contributed by atoms with Crippen molar-refractivity contribution in [1.82, 2.24) is 20.9 Å². The molecule has 0 aliphatic heterocycles. The van der Waals surface area contributed by atoms with Crippen LogP contribution in [0.5, 0.6) is 0 Å². The Morgan fingerprint density at radius 2 is 1.64 bits per heavy atom. The largest absolute Gasteiger partial charge is 0.481 e. The summed E-state index contributed by atoms with van der Waals surface area (Å²) in [4.78, 5) is 64.5. The van der Waals surface area contributed by atoms with Crippen molar-refractivity contribution < 1.29 is 39.3 Å². The molecule has 1 heterocycles. The minimum Gasteiger partial charge on any atom is -0.481 e. The minimum absolute atomic E-state index is 0.0689. The van der Waals surface area contributed by atoms with Gasteiger partial charge in [0.15, 0.2) is 0 Å². The first kappa shape index (κ1) is 31.6. The van der Waals surface area contributed by atoms with Crippen molar-refractivity contribution in [1.29, 1.82) is 0 Å². The van der Waals surface area contributed by atoms with Gasteiger partial charge in [0, 0.05) is 29.9 Å². The second-order valence-electron chi connectivity index (χ2n) is 9.07. The van der Waals surface area contributed by atoms with Gasteiger partial charge in [0.25, 0.3) is 0 Å². The summed E-state index contributed by atoms with van der Waals surface area (Å²) >= 11 is 1.49. The number of carboxylic acid groups (broad SMARTS) is 2. The number of aliphatic hydroxyl groups is 1. The Hall–Kier alpha value is -3.62. The van der Waals surface area contributed by atoms with Crippen molar-refractivity contribution >= 4 is 52.3 Å². The van der Waals surface area contributed by atoms with Gasteiger partial charge in [-0.25, -0.2) is 4.79 Å². The second-order valence-corrected chi connectivity index (χ2v) is 10.1. The molecule has 39 heavy (non-hydrogen) atoms. The highest BCUT2D eigenvalue weighted by Gasteiger charge is 2.33. The molecule has 2 rings (SSSR count). The van der Waals surface area contributed by atoms with Crippen LogP contribution in [0.15, 0.2) is 30.5 Å². The van der Waals surface area contributed by atoms with Crippen LogP contribution in [0.1, 0.15) is 31.7 Å². The van der Waals surface area contributed by atoms with Crippen LogP contribution >= 0.6 is 11.8 Å². The number of fused-ring (bicyclic) bond motifs is 1. The van der Waals surface area contributed by atoms with Gasteiger partial charge in [-0.15, -0.1) is 0 Å². The van der Waals surface area contributed by atoms with Crippen molar-refractivity contribution in [3.05, 3.63) is 36.0 Å². The third kappa shape index (κ3) is 9.57. The maximum absolute atomic E-state index is 13.2. The Morgan fingerprint density at radius 3 is 2.26 bits per heavy atom. The molecule has 5 atom stereocenters. The summed E-state index contributed by atoms with van der Waals surface area (Å²) in [6.07, 6.45) is 1.57. The third-order valence-electron chi connectivity index (χ3n) is 6.03. The van der Waals surface area contributed by atoms with Crippen molar-refractivity contribution in [2.75, 3.05) is 12.0 Å². The van der Waals surface area contributed by atoms with E-state index < -0.39 is 66.4 Å². The molecule has 2 aromatic rings. The predicted molar refractivity (Wildman–Crippen MR) is 145 cm³/mol. The molecule has 0 aliphatic rings. The Morgan fingerprint density at radius 1 is 0.974 bits per heavy atom. The number of amides is 3. The standard InChI is InChI=1S/C25H35N5O8S/c1-13(31)21(30-22(34)16(26)9-10-39-2)24(36)29-19(11-14-12-27-17-6-4-3-5-15(14)17)23(35)28-18(25(37)38)7-8-20(32)33/h3-6,12-13,16,18-19,21,27,31H,7-11,26H2,1-2H3,(H,28,35)(H,29,36)(H,30,34)(H,32,33)(H,37,38). The van der Waals surface area contributed by atoms with Crippen LogP contribution in [0.2, 0.25) is 0 Å². The molecule has 0 saturated heterocycles. The Balaban J connectivity index is 2.29. The molecule has 0 fully saturated rings. The van der Waals surface area contributed by atoms with E-state index in [0.29, 0.717) is 17.7 Å². The van der Waals surface area contributed by atoms with Crippen LogP contribution in [0.3, 0.4) is 0 Å². The molecule has 1 aromatic heterocycles. The smallest absolute Gasteiger partial charge is 0.326 e. The molecule has 13 nitrogen and oxygen atoms in total. The van der Waals surface area contributed by atoms with Crippen molar-refractivity contribution in [2.45, 2.75) is 62.9 Å². The van der Waals surface area contributed by atoms with Gasteiger partial charge in [0.05, 0.1) is 12.1 Å². The number of aliphatic carboxylic acids is 2. The number of aromatic amines is 1. The van der Waals surface area contributed by atoms with Gasteiger partial charge in [-0.2, -0.15) is 11.8 Å². The molecule has 0 radical (unpaired) electrons. The van der Waals surface area contributed by atoms with Crippen LogP contribution in [-0.2, 0) is 30.4 Å². The highest BCUT2D eigenvalue weighted by Crippen LogP contribution is 2.19. The van der Waals surface area contributed by atoms with Crippen LogP contribution < -0.4 is 21.7 Å². The van der Waals surface area contributed by atoms with E-state index in [1.165, 1.54) is 18.7 Å². The SMILES string of the molecule is CSCCC(N)C(=O)NC(C(=O)NC(Cc1c[nH]c2ccccc12)C(=O)NC(CCC(=O)O)C(=O)O)C(C)O. The van der Waals surface area contributed by atoms with Gasteiger partial charge in [0.2, 0.25) is 17.7 Å². The predicted octanol–water partition coefficient (Wildman–Crippen LogP) is -0.425. The number of rotatable bonds is 16. The topological polar surface area (TPSA) is 224 Å². The average Bonchev–Trinajstić information content (AvgIpc) is 3.29. The number of hydrogen-bond acceptors (Lipinski definition) is 8. The van der Waals surface area contributed by atoms with Gasteiger partial charge < -0.3 is 42.0 Å². The molecule has 0 aliphatic carbocycles. The first-order valence-electron chi connectivity index (χ1n) is 12.3. The number of thioether (sulfide) groups is 1. The molecule has 1 aromatic carbocycles. The number of carbonyl (C=O) groups excluding carboxylic acids is 3. The number of carboxylic acids is 2. The summed E-state index contributed by atoms with van der Waals surface area (Å²) in [5, 5.41) is 36.6. The maximum Gasteiger partial charge on any atom is 0.326 e. The van der Waals surface area contributed by atoms with E-state index in [4.69, 9.17) is 10.8 Å². The lowest BCUT2D eigenvalue weighted by Crippen LogP contribution is -2.60. The van der Waals surface area contributed by atoms with E-state index in [1.807, 2.05) is 18.4 Å². The zero-order chi connectivity index (χ0) is 29.1. The number of benzene rings is 1. The van der Waals surface area contributed by atoms with Crippen molar-refractivity contribution in [3.8, 4) is 0 Å². The Bertz CT molecular complexity index is 1170. The minimum atomic E-state index is -1.52. The molecular formula is C25H35N5O8S. The van der Waals surface area contributed by atoms with Crippen LogP contribution in [0, 0.1) is 0 Å². The van der Waals surface area contributed by atoms with E-state index in [0.717, 1.165) is 10.9 Å². The summed E-state index contributed by atoms with van der Waals surface area (Å²) in [5.74, 6) is -4.46. The first-order valence-corrected chi connectivity index (χ1v) is 13.7. The average molecular weight is 566 g/mol. The summed E-state index contributed by atoms with van der Waals surface area (Å²) in [6.45, 7) is 1.29. The molecule has 0 saturated carbocycles. The molecule has 14 heteroatoms. The van der Waals surface area contributed by atoms with Crippen molar-refractivity contribution in [2.24, 2.45) is 5.73 Å². The van der Waals surface area contributed by atoms with Crippen molar-refractivity contribution in [3.63, 3.8) is 0 Å². The normalized spacial score (nSPS) is 15.0. The van der Waals surface area contributed by atoms with E-state index in [2.05, 4.69) is 20.9 Å². The van der Waals surface area contributed by atoms with E-state index in [9.17, 15) is 34.2 Å². The summed E-state index contributed by atoms with van der Waals surface area (Å²) < 4.78 is 0. The molecule has 3 amide bonds. The fourth-order valence-corrected chi connectivity index (χ4v) is 4.32. The van der Waals surface area contributed by atoms with E-state index in [-0.39, 0.29) is 12.8 Å². The molecule has 214 valence electrons. The molecule has 0 spiro atoms. The fraction of sp³-hybridized carbons (Fsp3) is 0.480. The lowest BCUT2D eigenvalue weighted by Gasteiger charge is -2.26. The Labute approximate surface area is 229 Å². The summed E-state index contributed by atoms with van der Waals surface area (Å²) in [7, 11) is 0. The third-order valence-corrected chi connectivity index (χ3v) is 6.67. The quantitative estimate of drug-likeness (QED) is 0.131. The number of nitrogens with one attached hydrogen (secondary N) is 4. The number of aromatic nitrogens is 1. The van der Waals surface area contributed by atoms with Crippen LogP contribution in [0.4, 0.5) is 0 Å². The summed E-state index contributed by atoms with van der Waals surface area (Å²) in [5.41, 5.74) is 7.29. The lowest BCUT2D eigenvalue weighted by atomic mass is 10.0. The van der Waals surface area contributed by atoms with Gasteiger partial charge in [-0.3, -0.25) is 19.2 Å². The van der Waals surface area contributed by atoms with Gasteiger partial charge in [-0.1, -0.05) is 18.2 Å². The molecular weight excluding hydrogens is 530 g/mol. The number of H-pyrrole nitrogens is 1. The highest BCUT2D eigenvalue weighted by molar-refractivity contribution is 7.98. The highest BCUT2D eigenvalue weighted by atomic mass is 32.2. The van der Waals surface area contributed by atoms with E-state index >= 15 is 0 Å². The van der Waals surface area contributed by atoms with Crippen LogP contribution in [0.25, 0.3) is 10.9 Å². The monoisotopic (exact) mass is 565 g/mol. The van der Waals surface area contributed by atoms with Crippen LogP contribution in [-0.4, -0.2) is 92.2 Å². The number of para-hydroxylation sites is 1. The molecule has 0 bridgehead atoms. The maximum atomic E-state index is 13.2.